The number of nitrogens with zero attached hydrogens (tertiary/aromatic N) is 2. The van der Waals surface area contributed by atoms with Gasteiger partial charge in [0.15, 0.2) is 0 Å². The minimum atomic E-state index is -0.501. The second kappa shape index (κ2) is 5.54. The molecule has 3 rings (SSSR count). The highest BCUT2D eigenvalue weighted by atomic mass is 16.2. The summed E-state index contributed by atoms with van der Waals surface area (Å²) in [5.74, 6) is -0.996. The molecule has 0 aliphatic carbocycles. The zero-order valence-electron chi connectivity index (χ0n) is 11.1. The van der Waals surface area contributed by atoms with Gasteiger partial charge in [-0.25, -0.2) is 4.98 Å². The number of ketones is 2. The lowest BCUT2D eigenvalue weighted by Gasteiger charge is -2.04. The zero-order chi connectivity index (χ0) is 14.7. The third-order valence-corrected chi connectivity index (χ3v) is 3.17. The third-order valence-electron chi connectivity index (χ3n) is 3.17. The number of Topliss-reactive ketones (excluding diaryl/α,β-unsaturated/α-hetero) is 2. The summed E-state index contributed by atoms with van der Waals surface area (Å²) >= 11 is 0. The second-order valence-electron chi connectivity index (χ2n) is 4.54. The molecule has 0 radical (unpaired) electrons. The van der Waals surface area contributed by atoms with Gasteiger partial charge in [-0.05, 0) is 24.3 Å². The maximum atomic E-state index is 12.2. The highest BCUT2D eigenvalue weighted by Gasteiger charge is 2.17. The average molecular weight is 276 g/mol. The lowest BCUT2D eigenvalue weighted by molar-refractivity contribution is 0.0817. The van der Waals surface area contributed by atoms with Crippen LogP contribution in [0, 0.1) is 0 Å². The Morgan fingerprint density at radius 3 is 2.00 bits per heavy atom. The van der Waals surface area contributed by atoms with E-state index in [1.165, 1.54) is 0 Å². The van der Waals surface area contributed by atoms with E-state index in [-0.39, 0.29) is 0 Å². The minimum absolute atomic E-state index is 0.382. The molecule has 0 spiro atoms. The second-order valence-corrected chi connectivity index (χ2v) is 4.54. The zero-order valence-corrected chi connectivity index (χ0v) is 11.1. The van der Waals surface area contributed by atoms with E-state index in [4.69, 9.17) is 0 Å². The number of carbonyl (C=O) groups excluding carboxylic acids is 2. The van der Waals surface area contributed by atoms with Crippen molar-refractivity contribution in [2.75, 3.05) is 0 Å². The molecule has 0 bridgehead atoms. The summed E-state index contributed by atoms with van der Waals surface area (Å²) in [5, 5.41) is 0. The molecule has 21 heavy (non-hydrogen) atoms. The van der Waals surface area contributed by atoms with Gasteiger partial charge in [0.1, 0.15) is 0 Å². The Labute approximate surface area is 121 Å². The molecule has 3 aromatic rings. The maximum absolute atomic E-state index is 12.2. The van der Waals surface area contributed by atoms with Gasteiger partial charge in [0, 0.05) is 29.2 Å². The van der Waals surface area contributed by atoms with Crippen LogP contribution in [0.3, 0.4) is 0 Å². The summed E-state index contributed by atoms with van der Waals surface area (Å²) in [7, 11) is 0. The van der Waals surface area contributed by atoms with Crippen LogP contribution in [-0.2, 0) is 0 Å². The van der Waals surface area contributed by atoms with Gasteiger partial charge in [0.2, 0.25) is 11.6 Å². The largest absolute Gasteiger partial charge is 0.306 e. The lowest BCUT2D eigenvalue weighted by Crippen LogP contribution is -2.14. The van der Waals surface area contributed by atoms with Gasteiger partial charge in [-0.15, -0.1) is 0 Å². The van der Waals surface area contributed by atoms with E-state index in [0.717, 1.165) is 5.69 Å². The Kier molecular flexibility index (Phi) is 3.43. The van der Waals surface area contributed by atoms with E-state index in [1.54, 1.807) is 67.1 Å². The quantitative estimate of drug-likeness (QED) is 0.544. The fourth-order valence-corrected chi connectivity index (χ4v) is 2.05. The summed E-state index contributed by atoms with van der Waals surface area (Å²) in [6.45, 7) is 0. The molecule has 0 amide bonds. The maximum Gasteiger partial charge on any atom is 0.233 e. The Bertz CT molecular complexity index is 760. The Balaban J connectivity index is 1.84. The van der Waals surface area contributed by atoms with Crippen molar-refractivity contribution in [1.29, 1.82) is 0 Å². The smallest absolute Gasteiger partial charge is 0.233 e. The SMILES string of the molecule is O=C(C(=O)c1ccc(-n2ccnc2)cc1)c1ccccc1. The van der Waals surface area contributed by atoms with Crippen LogP contribution >= 0.6 is 0 Å². The number of aromatic nitrogens is 2. The van der Waals surface area contributed by atoms with Crippen molar-refractivity contribution >= 4 is 11.6 Å². The van der Waals surface area contributed by atoms with Crippen LogP contribution in [0.4, 0.5) is 0 Å². The summed E-state index contributed by atoms with van der Waals surface area (Å²) < 4.78 is 1.83. The van der Waals surface area contributed by atoms with E-state index in [9.17, 15) is 9.59 Å². The molecular weight excluding hydrogens is 264 g/mol. The van der Waals surface area contributed by atoms with E-state index in [1.807, 2.05) is 10.8 Å². The van der Waals surface area contributed by atoms with Crippen molar-refractivity contribution < 1.29 is 9.59 Å². The minimum Gasteiger partial charge on any atom is -0.306 e. The van der Waals surface area contributed by atoms with Crippen LogP contribution < -0.4 is 0 Å². The molecule has 1 aromatic heterocycles. The molecule has 0 aliphatic rings. The fraction of sp³-hybridized carbons (Fsp3) is 0. The van der Waals surface area contributed by atoms with Crippen LogP contribution in [-0.4, -0.2) is 21.1 Å². The molecule has 0 unspecified atom stereocenters. The highest BCUT2D eigenvalue weighted by Crippen LogP contribution is 2.12. The van der Waals surface area contributed by atoms with Gasteiger partial charge < -0.3 is 4.57 Å². The molecule has 0 saturated heterocycles. The number of rotatable bonds is 4. The van der Waals surface area contributed by atoms with Crippen molar-refractivity contribution in [3.63, 3.8) is 0 Å². The molecule has 2 aromatic carbocycles. The molecule has 0 aliphatic heterocycles. The van der Waals surface area contributed by atoms with E-state index < -0.39 is 11.6 Å². The van der Waals surface area contributed by atoms with E-state index in [0.29, 0.717) is 11.1 Å². The van der Waals surface area contributed by atoms with Gasteiger partial charge in [-0.1, -0.05) is 30.3 Å². The molecule has 4 nitrogen and oxygen atoms in total. The van der Waals surface area contributed by atoms with Crippen LogP contribution in [0.2, 0.25) is 0 Å². The third kappa shape index (κ3) is 2.65. The lowest BCUT2D eigenvalue weighted by atomic mass is 10.0. The first-order chi connectivity index (χ1) is 10.3. The summed E-state index contributed by atoms with van der Waals surface area (Å²) in [6.07, 6.45) is 5.16. The molecule has 0 atom stereocenters. The molecule has 0 saturated carbocycles. The van der Waals surface area contributed by atoms with Crippen LogP contribution in [0.25, 0.3) is 5.69 Å². The monoisotopic (exact) mass is 276 g/mol. The molecule has 0 fully saturated rings. The summed E-state index contributed by atoms with van der Waals surface area (Å²) in [4.78, 5) is 28.2. The van der Waals surface area contributed by atoms with Crippen molar-refractivity contribution in [3.05, 3.63) is 84.4 Å². The van der Waals surface area contributed by atoms with Gasteiger partial charge in [-0.3, -0.25) is 9.59 Å². The summed E-state index contributed by atoms with van der Waals surface area (Å²) in [5.41, 5.74) is 1.67. The number of hydrogen-bond donors (Lipinski definition) is 0. The first-order valence-corrected chi connectivity index (χ1v) is 6.48. The summed E-state index contributed by atoms with van der Waals surface area (Å²) in [6, 6.07) is 15.4. The fourth-order valence-electron chi connectivity index (χ4n) is 2.05. The highest BCUT2D eigenvalue weighted by molar-refractivity contribution is 6.49. The predicted octanol–water partition coefficient (Wildman–Crippen LogP) is 2.94. The molecule has 0 N–H and O–H groups in total. The standard InChI is InChI=1S/C17H12N2O2/c20-16(13-4-2-1-3-5-13)17(21)14-6-8-15(9-7-14)19-11-10-18-12-19/h1-12H. The van der Waals surface area contributed by atoms with Gasteiger partial charge in [0.25, 0.3) is 0 Å². The van der Waals surface area contributed by atoms with Crippen molar-refractivity contribution in [2.24, 2.45) is 0 Å². The predicted molar refractivity (Wildman–Crippen MR) is 78.7 cm³/mol. The van der Waals surface area contributed by atoms with Gasteiger partial charge >= 0.3 is 0 Å². The van der Waals surface area contributed by atoms with Gasteiger partial charge in [0.05, 0.1) is 6.33 Å². The first-order valence-electron chi connectivity index (χ1n) is 6.48. The molecule has 4 heteroatoms. The normalized spacial score (nSPS) is 10.3. The number of carbonyl (C=O) groups is 2. The van der Waals surface area contributed by atoms with Crippen LogP contribution in [0.5, 0.6) is 0 Å². The van der Waals surface area contributed by atoms with Gasteiger partial charge in [-0.2, -0.15) is 0 Å². The number of hydrogen-bond acceptors (Lipinski definition) is 3. The van der Waals surface area contributed by atoms with E-state index >= 15 is 0 Å². The van der Waals surface area contributed by atoms with Crippen LogP contribution in [0.1, 0.15) is 20.7 Å². The Morgan fingerprint density at radius 2 is 1.43 bits per heavy atom. The van der Waals surface area contributed by atoms with Crippen molar-refractivity contribution in [1.82, 2.24) is 9.55 Å². The average Bonchev–Trinajstić information content (AvgIpc) is 3.09. The van der Waals surface area contributed by atoms with Crippen LogP contribution in [0.15, 0.2) is 73.3 Å². The topological polar surface area (TPSA) is 52.0 Å². The van der Waals surface area contributed by atoms with E-state index in [2.05, 4.69) is 4.98 Å². The van der Waals surface area contributed by atoms with Crippen molar-refractivity contribution in [2.45, 2.75) is 0 Å². The molecular formula is C17H12N2O2. The Hall–Kier alpha value is -3.01. The van der Waals surface area contributed by atoms with Crippen molar-refractivity contribution in [3.8, 4) is 5.69 Å². The number of benzene rings is 2. The molecule has 1 heterocycles. The Morgan fingerprint density at radius 1 is 0.810 bits per heavy atom. The molecule has 102 valence electrons. The number of imidazole rings is 1. The first kappa shape index (κ1) is 13.0.